The molecule has 1 unspecified atom stereocenters. The molecule has 0 heterocycles. The standard InChI is InChI=1S/C24H28N2O5S2/c1-17(20-12-6-5-7-13-20)24(3,23(28)29)26-33(30,31)22(32-4)15-9-11-19-10-8-14-21(16-19)25-18(2)27/h5-17,26H,1-4H3,(H,25,27)(H,28,29)/b11-9+,22-15+/t17?,24-/m0/s1. The Morgan fingerprint density at radius 1 is 1.12 bits per heavy atom. The van der Waals surface area contributed by atoms with Crippen molar-refractivity contribution >= 4 is 45.4 Å². The molecule has 0 spiro atoms. The zero-order valence-corrected chi connectivity index (χ0v) is 20.5. The first-order valence-corrected chi connectivity index (χ1v) is 12.8. The molecule has 0 saturated heterocycles. The molecule has 0 aliphatic rings. The molecule has 0 saturated carbocycles. The Kier molecular flexibility index (Phi) is 9.04. The van der Waals surface area contributed by atoms with E-state index in [0.717, 1.165) is 17.3 Å². The number of thioether (sulfide) groups is 1. The maximum absolute atomic E-state index is 13.1. The lowest BCUT2D eigenvalue weighted by atomic mass is 9.83. The summed E-state index contributed by atoms with van der Waals surface area (Å²) in [6.07, 6.45) is 6.28. The van der Waals surface area contributed by atoms with Crippen LogP contribution in [0.3, 0.4) is 0 Å². The van der Waals surface area contributed by atoms with E-state index in [1.54, 1.807) is 67.8 Å². The molecule has 33 heavy (non-hydrogen) atoms. The number of nitrogens with one attached hydrogen (secondary N) is 2. The lowest BCUT2D eigenvalue weighted by Crippen LogP contribution is -2.55. The Balaban J connectivity index is 2.30. The molecule has 0 aliphatic carbocycles. The minimum absolute atomic E-state index is 0.0236. The number of allylic oxidation sites excluding steroid dienone is 2. The maximum Gasteiger partial charge on any atom is 0.325 e. The van der Waals surface area contributed by atoms with E-state index < -0.39 is 27.4 Å². The van der Waals surface area contributed by atoms with E-state index in [2.05, 4.69) is 10.0 Å². The van der Waals surface area contributed by atoms with Gasteiger partial charge >= 0.3 is 5.97 Å². The number of hydrogen-bond donors (Lipinski definition) is 3. The Morgan fingerprint density at radius 2 is 1.79 bits per heavy atom. The highest BCUT2D eigenvalue weighted by molar-refractivity contribution is 8.17. The molecule has 0 aliphatic heterocycles. The van der Waals surface area contributed by atoms with E-state index in [9.17, 15) is 23.1 Å². The molecule has 2 aromatic carbocycles. The van der Waals surface area contributed by atoms with E-state index in [4.69, 9.17) is 0 Å². The van der Waals surface area contributed by atoms with Crippen molar-refractivity contribution in [2.75, 3.05) is 11.6 Å². The van der Waals surface area contributed by atoms with Gasteiger partial charge in [-0.1, -0.05) is 61.5 Å². The van der Waals surface area contributed by atoms with Crippen LogP contribution in [-0.2, 0) is 19.6 Å². The topological polar surface area (TPSA) is 113 Å². The summed E-state index contributed by atoms with van der Waals surface area (Å²) in [5.41, 5.74) is 0.334. The van der Waals surface area contributed by atoms with Crippen molar-refractivity contribution in [3.8, 4) is 0 Å². The number of amides is 1. The highest BCUT2D eigenvalue weighted by atomic mass is 32.3. The molecule has 2 atom stereocenters. The predicted octanol–water partition coefficient (Wildman–Crippen LogP) is 4.43. The van der Waals surface area contributed by atoms with Crippen LogP contribution < -0.4 is 10.0 Å². The number of carboxylic acids is 1. The molecule has 0 fully saturated rings. The molecule has 176 valence electrons. The third kappa shape index (κ3) is 7.05. The second-order valence-corrected chi connectivity index (χ2v) is 10.4. The van der Waals surface area contributed by atoms with Gasteiger partial charge in [-0.2, -0.15) is 4.72 Å². The van der Waals surface area contributed by atoms with Gasteiger partial charge in [-0.05, 0) is 42.5 Å². The van der Waals surface area contributed by atoms with Crippen molar-refractivity contribution in [3.63, 3.8) is 0 Å². The predicted molar refractivity (Wildman–Crippen MR) is 134 cm³/mol. The van der Waals surface area contributed by atoms with Crippen LogP contribution in [0.25, 0.3) is 6.08 Å². The molecule has 0 radical (unpaired) electrons. The monoisotopic (exact) mass is 488 g/mol. The summed E-state index contributed by atoms with van der Waals surface area (Å²) in [6.45, 7) is 4.46. The quantitative estimate of drug-likeness (QED) is 0.427. The Bertz CT molecular complexity index is 1160. The molecule has 3 N–H and O–H groups in total. The molecular formula is C24H28N2O5S2. The zero-order chi connectivity index (χ0) is 24.6. The fraction of sp³-hybridized carbons (Fsp3) is 0.250. The Labute approximate surface area is 199 Å². The lowest BCUT2D eigenvalue weighted by Gasteiger charge is -2.32. The maximum atomic E-state index is 13.1. The van der Waals surface area contributed by atoms with Gasteiger partial charge in [-0.15, -0.1) is 11.8 Å². The van der Waals surface area contributed by atoms with Gasteiger partial charge in [-0.3, -0.25) is 9.59 Å². The summed E-state index contributed by atoms with van der Waals surface area (Å²) in [5.74, 6) is -2.08. The Morgan fingerprint density at radius 3 is 2.36 bits per heavy atom. The number of carboxylic acid groups (broad SMARTS) is 1. The number of carbonyl (C=O) groups excluding carboxylic acids is 1. The SMILES string of the molecule is CS/C(=C\C=C\c1cccc(NC(C)=O)c1)S(=O)(=O)N[C@](C)(C(=O)O)C(C)c1ccccc1. The summed E-state index contributed by atoms with van der Waals surface area (Å²) in [7, 11) is -4.12. The van der Waals surface area contributed by atoms with Gasteiger partial charge in [0.2, 0.25) is 15.9 Å². The van der Waals surface area contributed by atoms with Crippen LogP contribution in [0.5, 0.6) is 0 Å². The summed E-state index contributed by atoms with van der Waals surface area (Å²) in [5, 5.41) is 12.6. The van der Waals surface area contributed by atoms with Crippen molar-refractivity contribution in [1.82, 2.24) is 4.72 Å². The van der Waals surface area contributed by atoms with E-state index in [1.807, 2.05) is 12.1 Å². The molecule has 0 bridgehead atoms. The van der Waals surface area contributed by atoms with Crippen LogP contribution in [0.4, 0.5) is 5.69 Å². The number of carbonyl (C=O) groups is 2. The normalized spacial score (nSPS) is 15.1. The number of sulfonamides is 1. The fourth-order valence-corrected chi connectivity index (χ4v) is 5.55. The first kappa shape index (κ1) is 26.4. The van der Waals surface area contributed by atoms with Gasteiger partial charge < -0.3 is 10.4 Å². The van der Waals surface area contributed by atoms with Gasteiger partial charge in [0.15, 0.2) is 0 Å². The second-order valence-electron chi connectivity index (χ2n) is 7.60. The molecule has 2 aromatic rings. The van der Waals surface area contributed by atoms with E-state index in [-0.39, 0.29) is 10.1 Å². The summed E-state index contributed by atoms with van der Waals surface area (Å²) < 4.78 is 28.6. The van der Waals surface area contributed by atoms with E-state index >= 15 is 0 Å². The molecule has 0 aromatic heterocycles. The van der Waals surface area contributed by atoms with Crippen LogP contribution in [-0.4, -0.2) is 37.2 Å². The highest BCUT2D eigenvalue weighted by Gasteiger charge is 2.43. The second kappa shape index (κ2) is 11.3. The van der Waals surface area contributed by atoms with Crippen molar-refractivity contribution < 1.29 is 23.1 Å². The highest BCUT2D eigenvalue weighted by Crippen LogP contribution is 2.31. The smallest absolute Gasteiger partial charge is 0.325 e. The first-order valence-electron chi connectivity index (χ1n) is 10.1. The van der Waals surface area contributed by atoms with Crippen molar-refractivity contribution in [2.24, 2.45) is 0 Å². The molecule has 2 rings (SSSR count). The summed E-state index contributed by atoms with van der Waals surface area (Å²) in [6, 6.07) is 16.0. The number of anilines is 1. The van der Waals surface area contributed by atoms with E-state index in [0.29, 0.717) is 11.3 Å². The largest absolute Gasteiger partial charge is 0.480 e. The summed E-state index contributed by atoms with van der Waals surface area (Å²) in [4.78, 5) is 23.4. The molecule has 9 heteroatoms. The minimum Gasteiger partial charge on any atom is -0.480 e. The number of aliphatic carboxylic acids is 1. The van der Waals surface area contributed by atoms with Crippen LogP contribution in [0.1, 0.15) is 37.8 Å². The van der Waals surface area contributed by atoms with Crippen LogP contribution in [0, 0.1) is 0 Å². The van der Waals surface area contributed by atoms with E-state index in [1.165, 1.54) is 19.9 Å². The molecule has 7 nitrogen and oxygen atoms in total. The third-order valence-electron chi connectivity index (χ3n) is 5.15. The minimum atomic E-state index is -4.12. The van der Waals surface area contributed by atoms with Crippen LogP contribution in [0.15, 0.2) is 71.0 Å². The zero-order valence-electron chi connectivity index (χ0n) is 18.9. The third-order valence-corrected chi connectivity index (χ3v) is 8.21. The van der Waals surface area contributed by atoms with Crippen LogP contribution >= 0.6 is 11.8 Å². The first-order chi connectivity index (χ1) is 15.5. The average molecular weight is 489 g/mol. The number of rotatable bonds is 10. The lowest BCUT2D eigenvalue weighted by molar-refractivity contribution is -0.144. The average Bonchev–Trinajstić information content (AvgIpc) is 2.76. The fourth-order valence-electron chi connectivity index (χ4n) is 3.15. The number of hydrogen-bond acceptors (Lipinski definition) is 5. The van der Waals surface area contributed by atoms with Crippen molar-refractivity contribution in [3.05, 3.63) is 82.1 Å². The number of benzene rings is 2. The van der Waals surface area contributed by atoms with Gasteiger partial charge in [-0.25, -0.2) is 8.42 Å². The van der Waals surface area contributed by atoms with Gasteiger partial charge in [0, 0.05) is 18.5 Å². The van der Waals surface area contributed by atoms with Gasteiger partial charge in [0.05, 0.1) is 0 Å². The Hall–Kier alpha value is -2.88. The summed E-state index contributed by atoms with van der Waals surface area (Å²) >= 11 is 0.993. The molecular weight excluding hydrogens is 460 g/mol. The molecule has 1 amide bonds. The van der Waals surface area contributed by atoms with Crippen molar-refractivity contribution in [1.29, 1.82) is 0 Å². The van der Waals surface area contributed by atoms with Gasteiger partial charge in [0.25, 0.3) is 0 Å². The van der Waals surface area contributed by atoms with Gasteiger partial charge in [0.1, 0.15) is 9.78 Å². The van der Waals surface area contributed by atoms with Crippen molar-refractivity contribution in [2.45, 2.75) is 32.2 Å². The van der Waals surface area contributed by atoms with Crippen LogP contribution in [0.2, 0.25) is 0 Å².